The van der Waals surface area contributed by atoms with Crippen molar-refractivity contribution in [3.63, 3.8) is 0 Å². The van der Waals surface area contributed by atoms with E-state index in [-0.39, 0.29) is 24.2 Å². The van der Waals surface area contributed by atoms with Gasteiger partial charge in [-0.2, -0.15) is 0 Å². The molecule has 5 nitrogen and oxygen atoms in total. The maximum absolute atomic E-state index is 12.6. The van der Waals surface area contributed by atoms with Crippen LogP contribution in [0.3, 0.4) is 0 Å². The van der Waals surface area contributed by atoms with Crippen LogP contribution in [-0.4, -0.2) is 42.9 Å². The Kier molecular flexibility index (Phi) is 6.87. The van der Waals surface area contributed by atoms with E-state index in [4.69, 9.17) is 0 Å². The predicted molar refractivity (Wildman–Crippen MR) is 93.9 cm³/mol. The fraction of sp³-hybridized carbons (Fsp3) is 0.625. The molecule has 0 radical (unpaired) electrons. The summed E-state index contributed by atoms with van der Waals surface area (Å²) < 4.78 is 0. The van der Waals surface area contributed by atoms with Crippen LogP contribution in [0.15, 0.2) is 17.5 Å². The number of carbonyl (C=O) groups is 2. The number of nitrogens with one attached hydrogen (secondary N) is 2. The second-order valence-electron chi connectivity index (χ2n) is 6.03. The summed E-state index contributed by atoms with van der Waals surface area (Å²) in [4.78, 5) is 27.6. The van der Waals surface area contributed by atoms with Gasteiger partial charge in [0.25, 0.3) is 0 Å². The van der Waals surface area contributed by atoms with E-state index in [1.165, 1.54) is 11.3 Å². The number of hydrogen-bond acceptors (Lipinski definition) is 4. The molecule has 1 aromatic heterocycles. The molecule has 0 bridgehead atoms. The van der Waals surface area contributed by atoms with Gasteiger partial charge >= 0.3 is 0 Å². The summed E-state index contributed by atoms with van der Waals surface area (Å²) in [5.41, 5.74) is 0. The van der Waals surface area contributed by atoms with Gasteiger partial charge in [0.1, 0.15) is 6.04 Å². The van der Waals surface area contributed by atoms with E-state index in [0.29, 0.717) is 25.4 Å². The highest BCUT2D eigenvalue weighted by Crippen LogP contribution is 2.28. The first-order valence-electron chi connectivity index (χ1n) is 8.07. The number of thiophene rings is 1. The van der Waals surface area contributed by atoms with Gasteiger partial charge in [-0.15, -0.1) is 23.7 Å². The van der Waals surface area contributed by atoms with Crippen molar-refractivity contribution in [2.75, 3.05) is 26.2 Å². The Morgan fingerprint density at radius 2 is 2.09 bits per heavy atom. The average Bonchev–Trinajstić information content (AvgIpc) is 3.07. The molecule has 0 saturated carbocycles. The van der Waals surface area contributed by atoms with Crippen LogP contribution >= 0.6 is 23.7 Å². The van der Waals surface area contributed by atoms with Gasteiger partial charge in [0, 0.05) is 24.4 Å². The normalized spacial score (nSPS) is 22.3. The Morgan fingerprint density at radius 1 is 1.30 bits per heavy atom. The smallest absolute Gasteiger partial charge is 0.248 e. The van der Waals surface area contributed by atoms with Gasteiger partial charge in [-0.25, -0.2) is 0 Å². The fourth-order valence-electron chi connectivity index (χ4n) is 3.31. The third-order valence-electron chi connectivity index (χ3n) is 4.57. The Balaban J connectivity index is 0.00000192. The fourth-order valence-corrected chi connectivity index (χ4v) is 4.14. The van der Waals surface area contributed by atoms with Crippen LogP contribution < -0.4 is 10.6 Å². The first-order valence-corrected chi connectivity index (χ1v) is 8.95. The van der Waals surface area contributed by atoms with Crippen LogP contribution in [0.5, 0.6) is 0 Å². The van der Waals surface area contributed by atoms with E-state index in [9.17, 15) is 9.59 Å². The molecule has 2 amide bonds. The van der Waals surface area contributed by atoms with E-state index in [1.54, 1.807) is 4.90 Å². The van der Waals surface area contributed by atoms with Crippen LogP contribution in [0.2, 0.25) is 0 Å². The van der Waals surface area contributed by atoms with Crippen molar-refractivity contribution < 1.29 is 9.59 Å². The van der Waals surface area contributed by atoms with Gasteiger partial charge in [-0.3, -0.25) is 9.59 Å². The van der Waals surface area contributed by atoms with E-state index in [0.717, 1.165) is 37.2 Å². The van der Waals surface area contributed by atoms with Crippen molar-refractivity contribution in [3.05, 3.63) is 22.4 Å². The highest BCUT2D eigenvalue weighted by molar-refractivity contribution is 7.10. The number of carbonyl (C=O) groups excluding carboxylic acids is 2. The molecule has 3 heterocycles. The number of amides is 2. The zero-order valence-electron chi connectivity index (χ0n) is 13.1. The second kappa shape index (κ2) is 8.66. The van der Waals surface area contributed by atoms with Gasteiger partial charge < -0.3 is 15.5 Å². The second-order valence-corrected chi connectivity index (χ2v) is 7.01. The zero-order valence-corrected chi connectivity index (χ0v) is 14.8. The highest BCUT2D eigenvalue weighted by atomic mass is 35.5. The Morgan fingerprint density at radius 3 is 2.78 bits per heavy atom. The first kappa shape index (κ1) is 18.2. The molecule has 1 aromatic rings. The van der Waals surface area contributed by atoms with Crippen LogP contribution in [-0.2, 0) is 9.59 Å². The standard InChI is InChI=1S/C16H23N3O2S.ClH/c20-14(4-3-12-5-7-17-8-6-12)19-10-9-18-16(21)15(19)13-2-1-11-22-13;/h1-2,11-12,15,17H,3-10H2,(H,18,21);1H. The van der Waals surface area contributed by atoms with Crippen molar-refractivity contribution in [3.8, 4) is 0 Å². The number of rotatable bonds is 4. The molecule has 2 aliphatic rings. The first-order chi connectivity index (χ1) is 10.8. The molecular weight excluding hydrogens is 334 g/mol. The monoisotopic (exact) mass is 357 g/mol. The molecule has 1 unspecified atom stereocenters. The lowest BCUT2D eigenvalue weighted by atomic mass is 9.93. The zero-order chi connectivity index (χ0) is 15.4. The molecule has 7 heteroatoms. The molecule has 0 spiro atoms. The summed E-state index contributed by atoms with van der Waals surface area (Å²) in [6, 6.07) is 3.43. The molecule has 1 atom stereocenters. The minimum absolute atomic E-state index is 0. The molecule has 128 valence electrons. The lowest BCUT2D eigenvalue weighted by Gasteiger charge is -2.35. The highest BCUT2D eigenvalue weighted by Gasteiger charge is 2.34. The van der Waals surface area contributed by atoms with Gasteiger partial charge in [0.2, 0.25) is 11.8 Å². The van der Waals surface area contributed by atoms with Gasteiger partial charge in [-0.05, 0) is 49.7 Å². The van der Waals surface area contributed by atoms with Crippen molar-refractivity contribution in [1.29, 1.82) is 0 Å². The molecule has 2 aliphatic heterocycles. The number of halogens is 1. The SMILES string of the molecule is Cl.O=C1NCCN(C(=O)CCC2CCNCC2)C1c1cccs1. The molecule has 3 rings (SSSR count). The van der Waals surface area contributed by atoms with Crippen LogP contribution in [0, 0.1) is 5.92 Å². The summed E-state index contributed by atoms with van der Waals surface area (Å²) in [6.45, 7) is 3.28. The summed E-state index contributed by atoms with van der Waals surface area (Å²) in [7, 11) is 0. The third kappa shape index (κ3) is 4.46. The third-order valence-corrected chi connectivity index (χ3v) is 5.49. The van der Waals surface area contributed by atoms with Crippen molar-refractivity contribution in [2.24, 2.45) is 5.92 Å². The van der Waals surface area contributed by atoms with Crippen LogP contribution in [0.4, 0.5) is 0 Å². The number of hydrogen-bond donors (Lipinski definition) is 2. The van der Waals surface area contributed by atoms with E-state index < -0.39 is 6.04 Å². The maximum atomic E-state index is 12.6. The van der Waals surface area contributed by atoms with Crippen LogP contribution in [0.25, 0.3) is 0 Å². The molecule has 23 heavy (non-hydrogen) atoms. The molecule has 0 aliphatic carbocycles. The summed E-state index contributed by atoms with van der Waals surface area (Å²) in [5, 5.41) is 8.18. The summed E-state index contributed by atoms with van der Waals surface area (Å²) >= 11 is 1.54. The molecular formula is C16H24ClN3O2S. The molecule has 0 aromatic carbocycles. The van der Waals surface area contributed by atoms with E-state index in [2.05, 4.69) is 10.6 Å². The van der Waals surface area contributed by atoms with E-state index in [1.807, 2.05) is 17.5 Å². The number of piperidine rings is 1. The van der Waals surface area contributed by atoms with E-state index >= 15 is 0 Å². The van der Waals surface area contributed by atoms with Crippen molar-refractivity contribution in [1.82, 2.24) is 15.5 Å². The van der Waals surface area contributed by atoms with Gasteiger partial charge in [-0.1, -0.05) is 6.07 Å². The maximum Gasteiger partial charge on any atom is 0.248 e. The Bertz CT molecular complexity index is 517. The largest absolute Gasteiger partial charge is 0.352 e. The minimum atomic E-state index is -0.436. The number of piperazine rings is 1. The lowest BCUT2D eigenvalue weighted by molar-refractivity contribution is -0.143. The van der Waals surface area contributed by atoms with Gasteiger partial charge in [0.05, 0.1) is 0 Å². The molecule has 2 N–H and O–H groups in total. The summed E-state index contributed by atoms with van der Waals surface area (Å²) in [5.74, 6) is 0.708. The van der Waals surface area contributed by atoms with Crippen molar-refractivity contribution >= 4 is 35.6 Å². The predicted octanol–water partition coefficient (Wildman–Crippen LogP) is 1.95. The quantitative estimate of drug-likeness (QED) is 0.865. The van der Waals surface area contributed by atoms with Crippen LogP contribution in [0.1, 0.15) is 36.6 Å². The Hall–Kier alpha value is -1.11. The topological polar surface area (TPSA) is 61.4 Å². The molecule has 2 saturated heterocycles. The van der Waals surface area contributed by atoms with Gasteiger partial charge in [0.15, 0.2) is 0 Å². The average molecular weight is 358 g/mol. The minimum Gasteiger partial charge on any atom is -0.352 e. The number of nitrogens with zero attached hydrogens (tertiary/aromatic N) is 1. The lowest BCUT2D eigenvalue weighted by Crippen LogP contribution is -2.52. The van der Waals surface area contributed by atoms with Crippen molar-refractivity contribution in [2.45, 2.75) is 31.7 Å². The Labute approximate surface area is 147 Å². The summed E-state index contributed by atoms with van der Waals surface area (Å²) in [6.07, 6.45) is 3.81. The molecule has 2 fully saturated rings.